The zero-order chi connectivity index (χ0) is 15.9. The van der Waals surface area contributed by atoms with Crippen LogP contribution in [0.5, 0.6) is 0 Å². The van der Waals surface area contributed by atoms with Gasteiger partial charge in [0.15, 0.2) is 0 Å². The Morgan fingerprint density at radius 2 is 2.27 bits per heavy atom. The average molecular weight is 325 g/mol. The molecule has 3 amide bonds. The number of amides is 3. The molecule has 2 rings (SSSR count). The molecule has 1 aliphatic heterocycles. The maximum Gasteiger partial charge on any atom is 0.321 e. The number of carbonyl (C=O) groups is 2. The molecule has 1 saturated heterocycles. The molecule has 1 unspecified atom stereocenters. The van der Waals surface area contributed by atoms with E-state index in [9.17, 15) is 9.59 Å². The highest BCUT2D eigenvalue weighted by Gasteiger charge is 2.26. The molecule has 3 N–H and O–H groups in total. The van der Waals surface area contributed by atoms with Gasteiger partial charge in [0, 0.05) is 37.2 Å². The molecule has 1 heterocycles. The Hall–Kier alpha value is -1.63. The summed E-state index contributed by atoms with van der Waals surface area (Å²) in [6.45, 7) is 4.75. The first kappa shape index (κ1) is 16.7. The van der Waals surface area contributed by atoms with E-state index in [1.165, 1.54) is 0 Å². The lowest BCUT2D eigenvalue weighted by Crippen LogP contribution is -2.51. The minimum absolute atomic E-state index is 0.0624. The summed E-state index contributed by atoms with van der Waals surface area (Å²) in [5, 5.41) is 8.88. The second-order valence-electron chi connectivity index (χ2n) is 5.15. The lowest BCUT2D eigenvalue weighted by atomic mass is 10.0. The van der Waals surface area contributed by atoms with Crippen LogP contribution in [0.3, 0.4) is 0 Å². The summed E-state index contributed by atoms with van der Waals surface area (Å²) < 4.78 is 0. The Morgan fingerprint density at radius 1 is 1.45 bits per heavy atom. The third kappa shape index (κ3) is 4.69. The first-order chi connectivity index (χ1) is 10.6. The van der Waals surface area contributed by atoms with E-state index >= 15 is 0 Å². The minimum atomic E-state index is -0.457. The molecule has 1 atom stereocenters. The fraction of sp³-hybridized carbons (Fsp3) is 0.467. The smallest absolute Gasteiger partial charge is 0.321 e. The number of carbonyl (C=O) groups excluding carboxylic acids is 2. The van der Waals surface area contributed by atoms with Crippen molar-refractivity contribution >= 4 is 23.5 Å². The van der Waals surface area contributed by atoms with Crippen molar-refractivity contribution in [3.63, 3.8) is 0 Å². The molecule has 1 aliphatic rings. The lowest BCUT2D eigenvalue weighted by Gasteiger charge is -2.36. The van der Waals surface area contributed by atoms with Crippen molar-refractivity contribution in [3.8, 4) is 0 Å². The quantitative estimate of drug-likeness (QED) is 0.776. The van der Waals surface area contributed by atoms with Crippen molar-refractivity contribution in [3.05, 3.63) is 34.9 Å². The fourth-order valence-electron chi connectivity index (χ4n) is 2.53. The number of hydrogen-bond acceptors (Lipinski definition) is 4. The van der Waals surface area contributed by atoms with Crippen molar-refractivity contribution in [2.75, 3.05) is 32.7 Å². The van der Waals surface area contributed by atoms with Gasteiger partial charge in [-0.15, -0.1) is 0 Å². The molecule has 0 saturated carbocycles. The van der Waals surface area contributed by atoms with E-state index in [4.69, 9.17) is 11.6 Å². The molecule has 0 radical (unpaired) electrons. The Morgan fingerprint density at radius 3 is 3.00 bits per heavy atom. The molecule has 0 aromatic heterocycles. The number of piperazine rings is 1. The van der Waals surface area contributed by atoms with Gasteiger partial charge in [0.05, 0.1) is 6.54 Å². The fourth-order valence-corrected chi connectivity index (χ4v) is 2.73. The van der Waals surface area contributed by atoms with E-state index < -0.39 is 6.03 Å². The average Bonchev–Trinajstić information content (AvgIpc) is 2.47. The largest absolute Gasteiger partial charge is 0.338 e. The molecule has 1 fully saturated rings. The van der Waals surface area contributed by atoms with Gasteiger partial charge in [0.25, 0.3) is 0 Å². The first-order valence-corrected chi connectivity index (χ1v) is 7.76. The summed E-state index contributed by atoms with van der Waals surface area (Å²) in [6, 6.07) is 7.24. The SMILES string of the molecule is CCNC(=O)NC(=O)CN1CCNCC1c1cccc(Cl)c1. The van der Waals surface area contributed by atoms with E-state index in [1.807, 2.05) is 24.3 Å². The van der Waals surface area contributed by atoms with Crippen LogP contribution in [0.15, 0.2) is 24.3 Å². The summed E-state index contributed by atoms with van der Waals surface area (Å²) in [7, 11) is 0. The van der Waals surface area contributed by atoms with Crippen LogP contribution in [-0.4, -0.2) is 49.6 Å². The van der Waals surface area contributed by atoms with Crippen LogP contribution < -0.4 is 16.0 Å². The van der Waals surface area contributed by atoms with Crippen molar-refractivity contribution < 1.29 is 9.59 Å². The summed E-state index contributed by atoms with van der Waals surface area (Å²) in [4.78, 5) is 25.4. The van der Waals surface area contributed by atoms with Crippen molar-refractivity contribution in [2.24, 2.45) is 0 Å². The molecule has 1 aromatic rings. The molecule has 1 aromatic carbocycles. The molecule has 6 nitrogen and oxygen atoms in total. The molecule has 22 heavy (non-hydrogen) atoms. The third-order valence-corrected chi connectivity index (χ3v) is 3.76. The summed E-state index contributed by atoms with van der Waals surface area (Å²) >= 11 is 6.05. The third-order valence-electron chi connectivity index (χ3n) is 3.52. The van der Waals surface area contributed by atoms with Crippen LogP contribution in [0.2, 0.25) is 5.02 Å². The molecule has 7 heteroatoms. The highest BCUT2D eigenvalue weighted by atomic mass is 35.5. The first-order valence-electron chi connectivity index (χ1n) is 7.38. The second kappa shape index (κ2) is 8.12. The summed E-state index contributed by atoms with van der Waals surface area (Å²) in [5.41, 5.74) is 1.06. The van der Waals surface area contributed by atoms with Gasteiger partial charge in [0.2, 0.25) is 5.91 Å². The normalized spacial score (nSPS) is 18.7. The van der Waals surface area contributed by atoms with E-state index in [0.29, 0.717) is 11.6 Å². The molecule has 120 valence electrons. The lowest BCUT2D eigenvalue weighted by molar-refractivity contribution is -0.122. The summed E-state index contributed by atoms with van der Waals surface area (Å²) in [6.07, 6.45) is 0. The van der Waals surface area contributed by atoms with Gasteiger partial charge in [0.1, 0.15) is 0 Å². The number of rotatable bonds is 4. The van der Waals surface area contributed by atoms with Gasteiger partial charge in [-0.2, -0.15) is 0 Å². The Bertz CT molecular complexity index is 538. The van der Waals surface area contributed by atoms with E-state index in [0.717, 1.165) is 25.2 Å². The van der Waals surface area contributed by atoms with Crippen LogP contribution in [0, 0.1) is 0 Å². The number of benzene rings is 1. The highest BCUT2D eigenvalue weighted by molar-refractivity contribution is 6.30. The van der Waals surface area contributed by atoms with E-state index in [-0.39, 0.29) is 18.5 Å². The van der Waals surface area contributed by atoms with Gasteiger partial charge in [-0.1, -0.05) is 23.7 Å². The Labute approximate surface area is 135 Å². The monoisotopic (exact) mass is 324 g/mol. The van der Waals surface area contributed by atoms with Crippen LogP contribution in [0.25, 0.3) is 0 Å². The number of hydrogen-bond donors (Lipinski definition) is 3. The number of halogens is 1. The molecule has 0 bridgehead atoms. The van der Waals surface area contributed by atoms with Crippen molar-refractivity contribution in [1.82, 2.24) is 20.9 Å². The predicted molar refractivity (Wildman–Crippen MR) is 85.9 cm³/mol. The van der Waals surface area contributed by atoms with Gasteiger partial charge >= 0.3 is 6.03 Å². The van der Waals surface area contributed by atoms with Gasteiger partial charge in [-0.25, -0.2) is 4.79 Å². The van der Waals surface area contributed by atoms with Crippen LogP contribution in [0.1, 0.15) is 18.5 Å². The molecular weight excluding hydrogens is 304 g/mol. The zero-order valence-electron chi connectivity index (χ0n) is 12.6. The molecule has 0 aliphatic carbocycles. The molecule has 0 spiro atoms. The topological polar surface area (TPSA) is 73.5 Å². The van der Waals surface area contributed by atoms with E-state index in [2.05, 4.69) is 20.9 Å². The molecular formula is C15H21ClN4O2. The maximum atomic E-state index is 12.0. The Balaban J connectivity index is 2.01. The van der Waals surface area contributed by atoms with Gasteiger partial charge in [-0.05, 0) is 24.6 Å². The number of imide groups is 1. The standard InChI is InChI=1S/C15H21ClN4O2/c1-2-18-15(22)19-14(21)10-20-7-6-17-9-13(20)11-4-3-5-12(16)8-11/h3-5,8,13,17H,2,6-7,9-10H2,1H3,(H2,18,19,21,22). The zero-order valence-corrected chi connectivity index (χ0v) is 13.3. The van der Waals surface area contributed by atoms with E-state index in [1.54, 1.807) is 6.92 Å². The van der Waals surface area contributed by atoms with Crippen molar-refractivity contribution in [2.45, 2.75) is 13.0 Å². The van der Waals surface area contributed by atoms with Gasteiger partial charge < -0.3 is 10.6 Å². The summed E-state index contributed by atoms with van der Waals surface area (Å²) in [5.74, 6) is -0.306. The maximum absolute atomic E-state index is 12.0. The number of nitrogens with zero attached hydrogens (tertiary/aromatic N) is 1. The highest BCUT2D eigenvalue weighted by Crippen LogP contribution is 2.24. The predicted octanol–water partition coefficient (Wildman–Crippen LogP) is 1.13. The van der Waals surface area contributed by atoms with Gasteiger partial charge in [-0.3, -0.25) is 15.0 Å². The van der Waals surface area contributed by atoms with Crippen LogP contribution >= 0.6 is 11.6 Å². The number of nitrogens with one attached hydrogen (secondary N) is 3. The van der Waals surface area contributed by atoms with Crippen LogP contribution in [0.4, 0.5) is 4.79 Å². The minimum Gasteiger partial charge on any atom is -0.338 e. The number of urea groups is 1. The van der Waals surface area contributed by atoms with Crippen molar-refractivity contribution in [1.29, 1.82) is 0 Å². The Kier molecular flexibility index (Phi) is 6.18. The second-order valence-corrected chi connectivity index (χ2v) is 5.59. The van der Waals surface area contributed by atoms with Crippen LogP contribution in [-0.2, 0) is 4.79 Å².